The standard InChI is InChI=1S/C15H15N3O3/c1-11(18-10-2-9-16-18)15(21)17-13-6-3-12(4-7-13)5-8-14(19)20/h2-11H,1H3,(H,17,21)(H,19,20)/b8-5-/t11-/m1/s1. The third kappa shape index (κ3) is 4.04. The number of anilines is 1. The zero-order chi connectivity index (χ0) is 15.2. The van der Waals surface area contributed by atoms with E-state index >= 15 is 0 Å². The minimum atomic E-state index is -1.000. The number of hydrogen-bond acceptors (Lipinski definition) is 3. The van der Waals surface area contributed by atoms with E-state index in [-0.39, 0.29) is 5.91 Å². The summed E-state index contributed by atoms with van der Waals surface area (Å²) < 4.78 is 1.57. The molecule has 1 aromatic carbocycles. The number of benzene rings is 1. The predicted molar refractivity (Wildman–Crippen MR) is 78.7 cm³/mol. The molecular weight excluding hydrogens is 270 g/mol. The summed E-state index contributed by atoms with van der Waals surface area (Å²) in [7, 11) is 0. The molecule has 1 heterocycles. The maximum atomic E-state index is 12.0. The van der Waals surface area contributed by atoms with E-state index in [0.717, 1.165) is 11.6 Å². The first-order chi connectivity index (χ1) is 10.1. The van der Waals surface area contributed by atoms with Gasteiger partial charge in [0, 0.05) is 24.2 Å². The van der Waals surface area contributed by atoms with Crippen LogP contribution >= 0.6 is 0 Å². The van der Waals surface area contributed by atoms with Gasteiger partial charge >= 0.3 is 5.97 Å². The van der Waals surface area contributed by atoms with Crippen LogP contribution in [0.2, 0.25) is 0 Å². The molecule has 0 radical (unpaired) electrons. The fourth-order valence-corrected chi connectivity index (χ4v) is 1.72. The van der Waals surface area contributed by atoms with Crippen LogP contribution in [0.3, 0.4) is 0 Å². The van der Waals surface area contributed by atoms with E-state index in [1.807, 2.05) is 0 Å². The van der Waals surface area contributed by atoms with E-state index < -0.39 is 12.0 Å². The first-order valence-corrected chi connectivity index (χ1v) is 6.37. The lowest BCUT2D eigenvalue weighted by Crippen LogP contribution is -2.23. The Labute approximate surface area is 121 Å². The molecule has 2 aromatic rings. The molecule has 6 nitrogen and oxygen atoms in total. The molecule has 0 aliphatic carbocycles. The number of carbonyl (C=O) groups is 2. The number of rotatable bonds is 5. The van der Waals surface area contributed by atoms with Crippen molar-refractivity contribution in [2.45, 2.75) is 13.0 Å². The molecule has 0 aliphatic rings. The summed E-state index contributed by atoms with van der Waals surface area (Å²) in [4.78, 5) is 22.5. The van der Waals surface area contributed by atoms with Gasteiger partial charge in [0.25, 0.3) is 0 Å². The summed E-state index contributed by atoms with van der Waals surface area (Å²) in [5, 5.41) is 15.4. The normalized spacial score (nSPS) is 12.2. The van der Waals surface area contributed by atoms with Crippen LogP contribution in [-0.2, 0) is 9.59 Å². The summed E-state index contributed by atoms with van der Waals surface area (Å²) in [6.45, 7) is 1.76. The molecule has 21 heavy (non-hydrogen) atoms. The maximum absolute atomic E-state index is 12.0. The van der Waals surface area contributed by atoms with Gasteiger partial charge in [0.2, 0.25) is 5.91 Å². The number of carbonyl (C=O) groups excluding carboxylic acids is 1. The quantitative estimate of drug-likeness (QED) is 0.825. The molecule has 0 fully saturated rings. The number of aliphatic carboxylic acids is 1. The fraction of sp³-hybridized carbons (Fsp3) is 0.133. The second kappa shape index (κ2) is 6.51. The lowest BCUT2D eigenvalue weighted by Gasteiger charge is -2.12. The number of aromatic nitrogens is 2. The largest absolute Gasteiger partial charge is 0.478 e. The van der Waals surface area contributed by atoms with E-state index in [1.54, 1.807) is 54.3 Å². The minimum absolute atomic E-state index is 0.174. The van der Waals surface area contributed by atoms with Crippen molar-refractivity contribution in [2.24, 2.45) is 0 Å². The van der Waals surface area contributed by atoms with Crippen molar-refractivity contribution in [1.82, 2.24) is 9.78 Å². The van der Waals surface area contributed by atoms with Crippen LogP contribution < -0.4 is 5.32 Å². The molecule has 0 saturated heterocycles. The van der Waals surface area contributed by atoms with Gasteiger partial charge in [0.1, 0.15) is 6.04 Å². The highest BCUT2D eigenvalue weighted by atomic mass is 16.4. The van der Waals surface area contributed by atoms with Gasteiger partial charge in [0.15, 0.2) is 0 Å². The van der Waals surface area contributed by atoms with E-state index in [4.69, 9.17) is 5.11 Å². The first-order valence-electron chi connectivity index (χ1n) is 6.37. The van der Waals surface area contributed by atoms with Crippen molar-refractivity contribution >= 4 is 23.6 Å². The zero-order valence-corrected chi connectivity index (χ0v) is 11.4. The van der Waals surface area contributed by atoms with Gasteiger partial charge in [-0.25, -0.2) is 4.79 Å². The molecule has 2 N–H and O–H groups in total. The SMILES string of the molecule is C[C@H](C(=O)Nc1ccc(/C=C\C(=O)O)cc1)n1cccn1. The average molecular weight is 285 g/mol. The Morgan fingerprint density at radius 2 is 2.05 bits per heavy atom. The molecule has 0 saturated carbocycles. The molecule has 0 bridgehead atoms. The summed E-state index contributed by atoms with van der Waals surface area (Å²) in [6.07, 6.45) is 5.89. The Bertz CT molecular complexity index is 645. The number of carboxylic acid groups (broad SMARTS) is 1. The van der Waals surface area contributed by atoms with Crippen LogP contribution in [0.25, 0.3) is 6.08 Å². The molecule has 2 rings (SSSR count). The Morgan fingerprint density at radius 1 is 1.33 bits per heavy atom. The van der Waals surface area contributed by atoms with Crippen LogP contribution in [-0.4, -0.2) is 26.8 Å². The molecule has 108 valence electrons. The van der Waals surface area contributed by atoms with E-state index in [9.17, 15) is 9.59 Å². The smallest absolute Gasteiger partial charge is 0.328 e. The minimum Gasteiger partial charge on any atom is -0.478 e. The lowest BCUT2D eigenvalue weighted by molar-refractivity contribution is -0.131. The Morgan fingerprint density at radius 3 is 2.62 bits per heavy atom. The molecule has 0 spiro atoms. The first kappa shape index (κ1) is 14.5. The van der Waals surface area contributed by atoms with Gasteiger partial charge in [-0.3, -0.25) is 9.48 Å². The number of amides is 1. The summed E-state index contributed by atoms with van der Waals surface area (Å²) in [6, 6.07) is 8.24. The second-order valence-electron chi connectivity index (χ2n) is 4.44. The Hall–Kier alpha value is -2.89. The summed E-state index contributed by atoms with van der Waals surface area (Å²) >= 11 is 0. The van der Waals surface area contributed by atoms with E-state index in [1.165, 1.54) is 6.08 Å². The van der Waals surface area contributed by atoms with Crippen LogP contribution in [0.4, 0.5) is 5.69 Å². The van der Waals surface area contributed by atoms with Crippen LogP contribution in [0.1, 0.15) is 18.5 Å². The zero-order valence-electron chi connectivity index (χ0n) is 11.4. The van der Waals surface area contributed by atoms with Crippen LogP contribution in [0.15, 0.2) is 48.8 Å². The maximum Gasteiger partial charge on any atom is 0.328 e. The summed E-state index contributed by atoms with van der Waals surface area (Å²) in [5.74, 6) is -1.17. The lowest BCUT2D eigenvalue weighted by atomic mass is 10.2. The van der Waals surface area contributed by atoms with Crippen molar-refractivity contribution < 1.29 is 14.7 Å². The molecule has 6 heteroatoms. The average Bonchev–Trinajstić information content (AvgIpc) is 2.99. The molecule has 0 unspecified atom stereocenters. The third-order valence-corrected chi connectivity index (χ3v) is 2.90. The van der Waals surface area contributed by atoms with Gasteiger partial charge in [-0.05, 0) is 36.8 Å². The molecule has 0 aliphatic heterocycles. The van der Waals surface area contributed by atoms with Gasteiger partial charge in [-0.2, -0.15) is 5.10 Å². The topological polar surface area (TPSA) is 84.2 Å². The number of carboxylic acids is 1. The van der Waals surface area contributed by atoms with Gasteiger partial charge in [-0.1, -0.05) is 12.1 Å². The Kier molecular flexibility index (Phi) is 4.50. The van der Waals surface area contributed by atoms with Crippen molar-refractivity contribution in [3.8, 4) is 0 Å². The monoisotopic (exact) mass is 285 g/mol. The highest BCUT2D eigenvalue weighted by molar-refractivity contribution is 5.93. The third-order valence-electron chi connectivity index (χ3n) is 2.90. The second-order valence-corrected chi connectivity index (χ2v) is 4.44. The van der Waals surface area contributed by atoms with Gasteiger partial charge < -0.3 is 10.4 Å². The van der Waals surface area contributed by atoms with Crippen molar-refractivity contribution in [3.05, 3.63) is 54.4 Å². The Balaban J connectivity index is 2.00. The van der Waals surface area contributed by atoms with Crippen LogP contribution in [0, 0.1) is 0 Å². The van der Waals surface area contributed by atoms with Crippen LogP contribution in [0.5, 0.6) is 0 Å². The van der Waals surface area contributed by atoms with E-state index in [0.29, 0.717) is 5.69 Å². The van der Waals surface area contributed by atoms with Gasteiger partial charge in [0.05, 0.1) is 0 Å². The number of nitrogens with zero attached hydrogens (tertiary/aromatic N) is 2. The molecule has 1 atom stereocenters. The number of nitrogens with one attached hydrogen (secondary N) is 1. The summed E-state index contributed by atoms with van der Waals surface area (Å²) in [5.41, 5.74) is 1.39. The van der Waals surface area contributed by atoms with Crippen molar-refractivity contribution in [3.63, 3.8) is 0 Å². The van der Waals surface area contributed by atoms with Crippen molar-refractivity contribution in [2.75, 3.05) is 5.32 Å². The molecule has 1 amide bonds. The highest BCUT2D eigenvalue weighted by Crippen LogP contribution is 2.13. The predicted octanol–water partition coefficient (Wildman–Crippen LogP) is 2.18. The fourth-order valence-electron chi connectivity index (χ4n) is 1.72. The highest BCUT2D eigenvalue weighted by Gasteiger charge is 2.14. The van der Waals surface area contributed by atoms with E-state index in [2.05, 4.69) is 10.4 Å². The number of hydrogen-bond donors (Lipinski definition) is 2. The molecular formula is C15H15N3O3. The van der Waals surface area contributed by atoms with Crippen molar-refractivity contribution in [1.29, 1.82) is 0 Å². The van der Waals surface area contributed by atoms with Gasteiger partial charge in [-0.15, -0.1) is 0 Å². The molecule has 1 aromatic heterocycles.